The molecule has 0 amide bonds. The van der Waals surface area contributed by atoms with Crippen LogP contribution >= 0.6 is 0 Å². The minimum absolute atomic E-state index is 0.644. The molecule has 3 heteroatoms. The highest BCUT2D eigenvalue weighted by atomic mass is 16.3. The lowest BCUT2D eigenvalue weighted by molar-refractivity contribution is 0.0329. The van der Waals surface area contributed by atoms with Gasteiger partial charge in [-0.1, -0.05) is 18.6 Å². The first kappa shape index (κ1) is 15.7. The van der Waals surface area contributed by atoms with Gasteiger partial charge in [-0.15, -0.1) is 0 Å². The van der Waals surface area contributed by atoms with Gasteiger partial charge in [0.25, 0.3) is 0 Å². The molecule has 106 valence electrons. The molecular weight excluding hydrogens is 224 g/mol. The summed E-state index contributed by atoms with van der Waals surface area (Å²) in [5.74, 6) is 1.42. The maximum absolute atomic E-state index is 10.2. The van der Waals surface area contributed by atoms with E-state index in [-0.39, 0.29) is 0 Å². The van der Waals surface area contributed by atoms with Crippen LogP contribution in [0.2, 0.25) is 0 Å². The molecule has 0 aromatic heterocycles. The molecule has 0 bridgehead atoms. The van der Waals surface area contributed by atoms with Crippen LogP contribution in [0.15, 0.2) is 11.6 Å². The van der Waals surface area contributed by atoms with Gasteiger partial charge >= 0.3 is 0 Å². The SMILES string of the molecule is CC1=CC(C)CC(CNCC(C)(O)CN(C)C)C1. The predicted molar refractivity (Wildman–Crippen MR) is 77.7 cm³/mol. The molecular formula is C15H30N2O. The molecule has 0 fully saturated rings. The molecule has 3 unspecified atom stereocenters. The van der Waals surface area contributed by atoms with Crippen molar-refractivity contribution in [1.29, 1.82) is 0 Å². The van der Waals surface area contributed by atoms with Gasteiger partial charge < -0.3 is 15.3 Å². The third kappa shape index (κ3) is 5.98. The van der Waals surface area contributed by atoms with Gasteiger partial charge in [-0.3, -0.25) is 0 Å². The van der Waals surface area contributed by atoms with Crippen LogP contribution in [0.25, 0.3) is 0 Å². The minimum atomic E-state index is -0.644. The summed E-state index contributed by atoms with van der Waals surface area (Å²) >= 11 is 0. The number of allylic oxidation sites excluding steroid dienone is 2. The molecule has 1 rings (SSSR count). The summed E-state index contributed by atoms with van der Waals surface area (Å²) in [5.41, 5.74) is 0.870. The Morgan fingerprint density at radius 1 is 1.50 bits per heavy atom. The van der Waals surface area contributed by atoms with Crippen molar-refractivity contribution in [2.75, 3.05) is 33.7 Å². The monoisotopic (exact) mass is 254 g/mol. The predicted octanol–water partition coefficient (Wildman–Crippen LogP) is 1.88. The van der Waals surface area contributed by atoms with Gasteiger partial charge in [0.05, 0.1) is 5.60 Å². The molecule has 0 heterocycles. The zero-order valence-electron chi connectivity index (χ0n) is 12.7. The second-order valence-corrected chi connectivity index (χ2v) is 6.66. The van der Waals surface area contributed by atoms with Gasteiger partial charge in [0.1, 0.15) is 0 Å². The average Bonchev–Trinajstić information content (AvgIpc) is 2.12. The van der Waals surface area contributed by atoms with Crippen molar-refractivity contribution in [3.63, 3.8) is 0 Å². The molecule has 1 aliphatic rings. The van der Waals surface area contributed by atoms with Gasteiger partial charge in [-0.25, -0.2) is 0 Å². The fourth-order valence-corrected chi connectivity index (χ4v) is 3.12. The number of hydrogen-bond donors (Lipinski definition) is 2. The summed E-state index contributed by atoms with van der Waals surface area (Å²) < 4.78 is 0. The highest BCUT2D eigenvalue weighted by Gasteiger charge is 2.22. The molecule has 0 saturated heterocycles. The normalized spacial score (nSPS) is 28.1. The van der Waals surface area contributed by atoms with Crippen LogP contribution in [0.1, 0.15) is 33.6 Å². The Bertz CT molecular complexity index is 284. The second-order valence-electron chi connectivity index (χ2n) is 6.66. The average molecular weight is 254 g/mol. The second kappa shape index (κ2) is 6.69. The van der Waals surface area contributed by atoms with Crippen LogP contribution in [-0.4, -0.2) is 49.3 Å². The first-order valence-electron chi connectivity index (χ1n) is 7.03. The fraction of sp³-hybridized carbons (Fsp3) is 0.867. The minimum Gasteiger partial charge on any atom is -0.388 e. The van der Waals surface area contributed by atoms with E-state index in [9.17, 15) is 5.11 Å². The van der Waals surface area contributed by atoms with E-state index in [0.29, 0.717) is 19.0 Å². The summed E-state index contributed by atoms with van der Waals surface area (Å²) in [7, 11) is 3.98. The van der Waals surface area contributed by atoms with Crippen LogP contribution in [-0.2, 0) is 0 Å². The molecule has 3 atom stereocenters. The summed E-state index contributed by atoms with van der Waals surface area (Å²) in [6, 6.07) is 0. The molecule has 2 N–H and O–H groups in total. The van der Waals surface area contributed by atoms with Crippen molar-refractivity contribution in [3.05, 3.63) is 11.6 Å². The molecule has 0 aromatic rings. The topological polar surface area (TPSA) is 35.5 Å². The quantitative estimate of drug-likeness (QED) is 0.711. The maximum atomic E-state index is 10.2. The summed E-state index contributed by atoms with van der Waals surface area (Å²) in [4.78, 5) is 2.03. The molecule has 0 saturated carbocycles. The number of hydrogen-bond acceptors (Lipinski definition) is 3. The van der Waals surface area contributed by atoms with E-state index >= 15 is 0 Å². The highest BCUT2D eigenvalue weighted by Crippen LogP contribution is 2.27. The number of nitrogens with zero attached hydrogens (tertiary/aromatic N) is 1. The Labute approximate surface area is 112 Å². The van der Waals surface area contributed by atoms with Gasteiger partial charge in [0, 0.05) is 13.1 Å². The fourth-order valence-electron chi connectivity index (χ4n) is 3.12. The summed E-state index contributed by atoms with van der Waals surface area (Å²) in [6.45, 7) is 8.79. The lowest BCUT2D eigenvalue weighted by Gasteiger charge is -2.30. The molecule has 3 nitrogen and oxygen atoms in total. The smallest absolute Gasteiger partial charge is 0.0869 e. The van der Waals surface area contributed by atoms with Gasteiger partial charge in [0.2, 0.25) is 0 Å². The van der Waals surface area contributed by atoms with E-state index < -0.39 is 5.60 Å². The van der Waals surface area contributed by atoms with Crippen molar-refractivity contribution >= 4 is 0 Å². The van der Waals surface area contributed by atoms with E-state index in [1.165, 1.54) is 18.4 Å². The lowest BCUT2D eigenvalue weighted by Crippen LogP contribution is -2.46. The third-order valence-electron chi connectivity index (χ3n) is 3.48. The van der Waals surface area contributed by atoms with E-state index in [1.807, 2.05) is 25.9 Å². The number of aliphatic hydroxyl groups is 1. The Balaban J connectivity index is 2.28. The first-order chi connectivity index (χ1) is 8.28. The molecule has 18 heavy (non-hydrogen) atoms. The van der Waals surface area contributed by atoms with Crippen LogP contribution in [0, 0.1) is 11.8 Å². The Morgan fingerprint density at radius 2 is 2.17 bits per heavy atom. The molecule has 0 spiro atoms. The molecule has 0 aliphatic heterocycles. The van der Waals surface area contributed by atoms with Crippen molar-refractivity contribution < 1.29 is 5.11 Å². The molecule has 0 radical (unpaired) electrons. The molecule has 0 aromatic carbocycles. The van der Waals surface area contributed by atoms with Gasteiger partial charge in [-0.05, 0) is 59.2 Å². The first-order valence-corrected chi connectivity index (χ1v) is 7.03. The highest BCUT2D eigenvalue weighted by molar-refractivity contribution is 5.06. The Morgan fingerprint density at radius 3 is 2.72 bits per heavy atom. The van der Waals surface area contributed by atoms with Crippen LogP contribution in [0.5, 0.6) is 0 Å². The van der Waals surface area contributed by atoms with E-state index in [2.05, 4.69) is 25.2 Å². The molecule has 1 aliphatic carbocycles. The lowest BCUT2D eigenvalue weighted by atomic mass is 9.83. The van der Waals surface area contributed by atoms with Crippen molar-refractivity contribution in [2.45, 2.75) is 39.2 Å². The number of rotatable bonds is 6. The zero-order valence-corrected chi connectivity index (χ0v) is 12.7. The summed E-state index contributed by atoms with van der Waals surface area (Å²) in [6.07, 6.45) is 4.85. The van der Waals surface area contributed by atoms with E-state index in [4.69, 9.17) is 0 Å². The largest absolute Gasteiger partial charge is 0.388 e. The maximum Gasteiger partial charge on any atom is 0.0869 e. The van der Waals surface area contributed by atoms with Crippen molar-refractivity contribution in [1.82, 2.24) is 10.2 Å². The Hall–Kier alpha value is -0.380. The standard InChI is InChI=1S/C15H30N2O/c1-12-6-13(2)8-14(7-12)9-16-10-15(3,18)11-17(4)5/h6,12,14,16,18H,7-11H2,1-5H3. The van der Waals surface area contributed by atoms with E-state index in [1.54, 1.807) is 0 Å². The van der Waals surface area contributed by atoms with Crippen molar-refractivity contribution in [2.24, 2.45) is 11.8 Å². The van der Waals surface area contributed by atoms with Crippen LogP contribution in [0.3, 0.4) is 0 Å². The Kier molecular flexibility index (Phi) is 5.83. The summed E-state index contributed by atoms with van der Waals surface area (Å²) in [5, 5.41) is 13.6. The van der Waals surface area contributed by atoms with Crippen LogP contribution < -0.4 is 5.32 Å². The van der Waals surface area contributed by atoms with E-state index in [0.717, 1.165) is 12.5 Å². The zero-order chi connectivity index (χ0) is 13.8. The third-order valence-corrected chi connectivity index (χ3v) is 3.48. The van der Waals surface area contributed by atoms with Crippen molar-refractivity contribution in [3.8, 4) is 0 Å². The van der Waals surface area contributed by atoms with Crippen LogP contribution in [0.4, 0.5) is 0 Å². The van der Waals surface area contributed by atoms with Gasteiger partial charge in [-0.2, -0.15) is 0 Å². The van der Waals surface area contributed by atoms with Gasteiger partial charge in [0.15, 0.2) is 0 Å². The number of likely N-dealkylation sites (N-methyl/N-ethyl adjacent to an activating group) is 1. The number of nitrogens with one attached hydrogen (secondary N) is 1.